The summed E-state index contributed by atoms with van der Waals surface area (Å²) in [6.45, 7) is 5.82. The van der Waals surface area contributed by atoms with Crippen molar-refractivity contribution in [1.82, 2.24) is 0 Å². The van der Waals surface area contributed by atoms with Gasteiger partial charge in [-0.05, 0) is 26.2 Å². The second kappa shape index (κ2) is 18.1. The molecule has 0 amide bonds. The lowest BCUT2D eigenvalue weighted by Crippen LogP contribution is -2.58. The molecule has 9 heteroatoms. The summed E-state index contributed by atoms with van der Waals surface area (Å²) in [7, 11) is 0. The molecule has 0 aromatic carbocycles. The Kier molecular flexibility index (Phi) is 16.4. The molecule has 1 fully saturated rings. The highest BCUT2D eigenvalue weighted by Gasteiger charge is 2.43. The second-order valence-corrected chi connectivity index (χ2v) is 9.76. The molecule has 0 saturated carbocycles. The van der Waals surface area contributed by atoms with Crippen molar-refractivity contribution in [2.45, 2.75) is 154 Å². The zero-order valence-electron chi connectivity index (χ0n) is 21.8. The highest BCUT2D eigenvalue weighted by molar-refractivity contribution is 5.72. The molecule has 0 aromatic heterocycles. The van der Waals surface area contributed by atoms with Crippen molar-refractivity contribution in [3.05, 3.63) is 0 Å². The van der Waals surface area contributed by atoms with Crippen molar-refractivity contribution >= 4 is 11.9 Å². The van der Waals surface area contributed by atoms with Gasteiger partial charge in [-0.15, -0.1) is 0 Å². The Morgan fingerprint density at radius 1 is 0.771 bits per heavy atom. The van der Waals surface area contributed by atoms with Gasteiger partial charge in [0.15, 0.2) is 6.29 Å². The molecule has 0 radical (unpaired) electrons. The molecular formula is C26H48O9. The predicted octanol–water partition coefficient (Wildman–Crippen LogP) is 3.70. The van der Waals surface area contributed by atoms with E-state index in [-0.39, 0.29) is 12.8 Å². The molecule has 0 bridgehead atoms. The molecular weight excluding hydrogens is 456 g/mol. The summed E-state index contributed by atoms with van der Waals surface area (Å²) in [5.74, 6) is -1.57. The van der Waals surface area contributed by atoms with Crippen molar-refractivity contribution in [2.24, 2.45) is 0 Å². The number of unbranched alkanes of at least 4 members (excludes halogenated alkanes) is 8. The van der Waals surface area contributed by atoms with Crippen molar-refractivity contribution in [2.75, 3.05) is 0 Å². The van der Waals surface area contributed by atoms with E-state index >= 15 is 0 Å². The SMILES string of the molecule is CCCCCCCC(CC(=O)O)OC(=O)CC(CCCCCCC)O[C@@H]1O[C@@H](C)[C@H](O)[C@@H](O)[C@H]1O. The largest absolute Gasteiger partial charge is 0.481 e. The van der Waals surface area contributed by atoms with Gasteiger partial charge in [0.2, 0.25) is 0 Å². The quantitative estimate of drug-likeness (QED) is 0.153. The number of carbonyl (C=O) groups is 2. The van der Waals surface area contributed by atoms with Gasteiger partial charge in [-0.1, -0.05) is 71.6 Å². The van der Waals surface area contributed by atoms with Crippen LogP contribution in [0.25, 0.3) is 0 Å². The molecule has 0 spiro atoms. The first-order valence-electron chi connectivity index (χ1n) is 13.5. The van der Waals surface area contributed by atoms with Gasteiger partial charge in [0.05, 0.1) is 25.0 Å². The number of aliphatic hydroxyl groups excluding tert-OH is 3. The third-order valence-electron chi connectivity index (χ3n) is 6.49. The summed E-state index contributed by atoms with van der Waals surface area (Å²) in [5.41, 5.74) is 0. The average molecular weight is 505 g/mol. The van der Waals surface area contributed by atoms with Gasteiger partial charge in [0.25, 0.3) is 0 Å². The van der Waals surface area contributed by atoms with Crippen LogP contribution in [0.5, 0.6) is 0 Å². The first kappa shape index (κ1) is 31.8. The molecule has 7 atom stereocenters. The van der Waals surface area contributed by atoms with Gasteiger partial charge < -0.3 is 34.6 Å². The smallest absolute Gasteiger partial charge is 0.308 e. The number of rotatable bonds is 19. The molecule has 0 aromatic rings. The Morgan fingerprint density at radius 3 is 1.86 bits per heavy atom. The fourth-order valence-corrected chi connectivity index (χ4v) is 4.30. The van der Waals surface area contributed by atoms with Crippen LogP contribution in [0.1, 0.15) is 111 Å². The zero-order valence-corrected chi connectivity index (χ0v) is 21.8. The molecule has 2 unspecified atom stereocenters. The number of carboxylic acids is 1. The highest BCUT2D eigenvalue weighted by atomic mass is 16.7. The van der Waals surface area contributed by atoms with Crippen molar-refractivity contribution in [3.8, 4) is 0 Å². The Balaban J connectivity index is 2.72. The summed E-state index contributed by atoms with van der Waals surface area (Å²) >= 11 is 0. The minimum atomic E-state index is -1.46. The number of esters is 1. The second-order valence-electron chi connectivity index (χ2n) is 9.76. The lowest BCUT2D eigenvalue weighted by molar-refractivity contribution is -0.304. The number of hydrogen-bond donors (Lipinski definition) is 4. The minimum Gasteiger partial charge on any atom is -0.481 e. The highest BCUT2D eigenvalue weighted by Crippen LogP contribution is 2.25. The van der Waals surface area contributed by atoms with E-state index in [4.69, 9.17) is 14.2 Å². The Bertz CT molecular complexity index is 585. The monoisotopic (exact) mass is 504 g/mol. The van der Waals surface area contributed by atoms with E-state index in [1.807, 2.05) is 0 Å². The van der Waals surface area contributed by atoms with Gasteiger partial charge in [0.1, 0.15) is 24.4 Å². The normalized spacial score (nSPS) is 26.3. The van der Waals surface area contributed by atoms with Crippen LogP contribution in [-0.2, 0) is 23.8 Å². The van der Waals surface area contributed by atoms with Crippen LogP contribution >= 0.6 is 0 Å². The summed E-state index contributed by atoms with van der Waals surface area (Å²) in [6, 6.07) is 0. The molecule has 4 N–H and O–H groups in total. The fourth-order valence-electron chi connectivity index (χ4n) is 4.30. The van der Waals surface area contributed by atoms with Crippen LogP contribution in [0.15, 0.2) is 0 Å². The van der Waals surface area contributed by atoms with E-state index in [9.17, 15) is 30.0 Å². The van der Waals surface area contributed by atoms with Gasteiger partial charge in [-0.2, -0.15) is 0 Å². The van der Waals surface area contributed by atoms with E-state index in [1.165, 1.54) is 0 Å². The molecule has 206 valence electrons. The molecule has 9 nitrogen and oxygen atoms in total. The van der Waals surface area contributed by atoms with Gasteiger partial charge in [-0.25, -0.2) is 0 Å². The van der Waals surface area contributed by atoms with Gasteiger partial charge in [0, 0.05) is 0 Å². The maximum Gasteiger partial charge on any atom is 0.308 e. The molecule has 1 aliphatic rings. The van der Waals surface area contributed by atoms with Crippen molar-refractivity contribution < 1.29 is 44.2 Å². The lowest BCUT2D eigenvalue weighted by atomic mass is 9.99. The number of aliphatic hydroxyl groups is 3. The van der Waals surface area contributed by atoms with Crippen LogP contribution < -0.4 is 0 Å². The standard InChI is InChI=1S/C26H48O9/c1-4-6-8-10-12-14-19(16-21(27)28)34-22(29)17-20(15-13-11-9-7-5-2)35-26-25(32)24(31)23(30)18(3)33-26/h18-20,23-26,30-32H,4-17H2,1-3H3,(H,27,28)/t18-,19?,20?,23-,24+,25+,26-/m0/s1. The maximum atomic E-state index is 12.7. The molecule has 35 heavy (non-hydrogen) atoms. The van der Waals surface area contributed by atoms with Crippen LogP contribution in [0.4, 0.5) is 0 Å². The van der Waals surface area contributed by atoms with E-state index in [1.54, 1.807) is 6.92 Å². The van der Waals surface area contributed by atoms with E-state index in [2.05, 4.69) is 13.8 Å². The molecule has 1 rings (SSSR count). The van der Waals surface area contributed by atoms with Crippen molar-refractivity contribution in [3.63, 3.8) is 0 Å². The van der Waals surface area contributed by atoms with E-state index in [0.717, 1.165) is 64.2 Å². The fraction of sp³-hybridized carbons (Fsp3) is 0.923. The lowest BCUT2D eigenvalue weighted by Gasteiger charge is -2.40. The van der Waals surface area contributed by atoms with Gasteiger partial charge in [-0.3, -0.25) is 9.59 Å². The van der Waals surface area contributed by atoms with E-state index in [0.29, 0.717) is 12.8 Å². The van der Waals surface area contributed by atoms with Crippen LogP contribution in [0, 0.1) is 0 Å². The summed E-state index contributed by atoms with van der Waals surface area (Å²) < 4.78 is 17.0. The maximum absolute atomic E-state index is 12.7. The summed E-state index contributed by atoms with van der Waals surface area (Å²) in [6.07, 6.45) is 3.42. The predicted molar refractivity (Wildman–Crippen MR) is 131 cm³/mol. The Labute approximate surface area is 210 Å². The zero-order chi connectivity index (χ0) is 26.2. The minimum absolute atomic E-state index is 0.112. The summed E-state index contributed by atoms with van der Waals surface area (Å²) in [4.78, 5) is 24.0. The molecule has 1 heterocycles. The third-order valence-corrected chi connectivity index (χ3v) is 6.49. The van der Waals surface area contributed by atoms with Gasteiger partial charge >= 0.3 is 11.9 Å². The topological polar surface area (TPSA) is 143 Å². The molecule has 1 saturated heterocycles. The van der Waals surface area contributed by atoms with Crippen molar-refractivity contribution in [1.29, 1.82) is 0 Å². The Hall–Kier alpha value is -1.26. The number of carboxylic acid groups (broad SMARTS) is 1. The first-order chi connectivity index (χ1) is 16.7. The molecule has 1 aliphatic heterocycles. The number of aliphatic carboxylic acids is 1. The van der Waals surface area contributed by atoms with Crippen LogP contribution in [0.3, 0.4) is 0 Å². The number of hydrogen-bond acceptors (Lipinski definition) is 8. The summed E-state index contributed by atoms with van der Waals surface area (Å²) in [5, 5.41) is 39.5. The van der Waals surface area contributed by atoms with Crippen LogP contribution in [0.2, 0.25) is 0 Å². The number of ether oxygens (including phenoxy) is 3. The first-order valence-corrected chi connectivity index (χ1v) is 13.5. The Morgan fingerprint density at radius 2 is 1.31 bits per heavy atom. The van der Waals surface area contributed by atoms with Crippen LogP contribution in [-0.4, -0.2) is 75.3 Å². The third kappa shape index (κ3) is 13.0. The molecule has 0 aliphatic carbocycles. The number of carbonyl (C=O) groups excluding carboxylic acids is 1. The van der Waals surface area contributed by atoms with E-state index < -0.39 is 54.9 Å². The average Bonchev–Trinajstić information content (AvgIpc) is 2.80.